The van der Waals surface area contributed by atoms with Gasteiger partial charge in [-0.25, -0.2) is 0 Å². The minimum Gasteiger partial charge on any atom is -0.508 e. The van der Waals surface area contributed by atoms with E-state index in [1.807, 2.05) is 32.0 Å². The lowest BCUT2D eigenvalue weighted by atomic mass is 9.87. The SMILES string of the molecule is CCc1ccc(C2CC(=O)Nc3cc(O)c(C)cc32)o1. The lowest BCUT2D eigenvalue weighted by Gasteiger charge is -2.25. The van der Waals surface area contributed by atoms with Crippen LogP contribution in [-0.2, 0) is 11.2 Å². The molecule has 20 heavy (non-hydrogen) atoms. The largest absolute Gasteiger partial charge is 0.508 e. The minimum atomic E-state index is -0.0849. The van der Waals surface area contributed by atoms with E-state index in [0.29, 0.717) is 12.1 Å². The molecule has 0 radical (unpaired) electrons. The van der Waals surface area contributed by atoms with Gasteiger partial charge in [-0.1, -0.05) is 6.92 Å². The number of nitrogens with one attached hydrogen (secondary N) is 1. The van der Waals surface area contributed by atoms with Gasteiger partial charge in [-0.05, 0) is 36.2 Å². The summed E-state index contributed by atoms with van der Waals surface area (Å²) in [6.45, 7) is 3.88. The molecule has 104 valence electrons. The predicted molar refractivity (Wildman–Crippen MR) is 76.0 cm³/mol. The first-order valence-corrected chi connectivity index (χ1v) is 6.80. The number of aryl methyl sites for hydroxylation is 2. The molecular formula is C16H17NO3. The molecule has 4 heteroatoms. The third kappa shape index (κ3) is 2.07. The Balaban J connectivity index is 2.09. The van der Waals surface area contributed by atoms with Gasteiger partial charge in [-0.15, -0.1) is 0 Å². The number of hydrogen-bond acceptors (Lipinski definition) is 3. The van der Waals surface area contributed by atoms with E-state index >= 15 is 0 Å². The highest BCUT2D eigenvalue weighted by atomic mass is 16.3. The maximum absolute atomic E-state index is 11.8. The number of carbonyl (C=O) groups is 1. The first-order valence-electron chi connectivity index (χ1n) is 6.80. The van der Waals surface area contributed by atoms with Gasteiger partial charge in [0.1, 0.15) is 17.3 Å². The van der Waals surface area contributed by atoms with Crippen LogP contribution in [0.25, 0.3) is 0 Å². The standard InChI is InChI=1S/C16H17NO3/c1-3-10-4-5-15(20-10)12-7-16(19)17-13-8-14(18)9(2)6-11(12)13/h4-6,8,12,18H,3,7H2,1-2H3,(H,17,19). The van der Waals surface area contributed by atoms with Crippen LogP contribution in [0.4, 0.5) is 5.69 Å². The summed E-state index contributed by atoms with van der Waals surface area (Å²) in [7, 11) is 0. The van der Waals surface area contributed by atoms with Crippen molar-refractivity contribution in [1.29, 1.82) is 0 Å². The van der Waals surface area contributed by atoms with Crippen molar-refractivity contribution in [3.8, 4) is 5.75 Å². The molecule has 0 bridgehead atoms. The molecule has 0 spiro atoms. The quantitative estimate of drug-likeness (QED) is 0.880. The number of aromatic hydroxyl groups is 1. The van der Waals surface area contributed by atoms with E-state index in [1.165, 1.54) is 0 Å². The maximum Gasteiger partial charge on any atom is 0.225 e. The third-order valence-electron chi connectivity index (χ3n) is 3.78. The summed E-state index contributed by atoms with van der Waals surface area (Å²) in [5, 5.41) is 12.6. The Morgan fingerprint density at radius 2 is 2.20 bits per heavy atom. The Morgan fingerprint density at radius 1 is 1.40 bits per heavy atom. The van der Waals surface area contributed by atoms with Crippen molar-refractivity contribution in [3.05, 3.63) is 46.9 Å². The van der Waals surface area contributed by atoms with Crippen LogP contribution < -0.4 is 5.32 Å². The van der Waals surface area contributed by atoms with Crippen molar-refractivity contribution < 1.29 is 14.3 Å². The van der Waals surface area contributed by atoms with Crippen molar-refractivity contribution >= 4 is 11.6 Å². The molecule has 2 N–H and O–H groups in total. The summed E-state index contributed by atoms with van der Waals surface area (Å²) in [4.78, 5) is 11.8. The molecule has 1 unspecified atom stereocenters. The van der Waals surface area contributed by atoms with Crippen LogP contribution in [0.1, 0.15) is 41.9 Å². The monoisotopic (exact) mass is 271 g/mol. The number of rotatable bonds is 2. The molecular weight excluding hydrogens is 254 g/mol. The van der Waals surface area contributed by atoms with Gasteiger partial charge in [-0.3, -0.25) is 4.79 Å². The molecule has 1 atom stereocenters. The van der Waals surface area contributed by atoms with Gasteiger partial charge in [0.25, 0.3) is 0 Å². The molecule has 1 aromatic carbocycles. The zero-order valence-electron chi connectivity index (χ0n) is 11.6. The van der Waals surface area contributed by atoms with E-state index in [9.17, 15) is 9.90 Å². The van der Waals surface area contributed by atoms with Gasteiger partial charge >= 0.3 is 0 Å². The van der Waals surface area contributed by atoms with Crippen LogP contribution in [0.15, 0.2) is 28.7 Å². The summed E-state index contributed by atoms with van der Waals surface area (Å²) in [6, 6.07) is 7.42. The molecule has 0 aliphatic carbocycles. The van der Waals surface area contributed by atoms with E-state index in [-0.39, 0.29) is 17.6 Å². The molecule has 0 saturated heterocycles. The Hall–Kier alpha value is -2.23. The third-order valence-corrected chi connectivity index (χ3v) is 3.78. The maximum atomic E-state index is 11.8. The Labute approximate surface area is 117 Å². The van der Waals surface area contributed by atoms with Crippen molar-refractivity contribution in [1.82, 2.24) is 0 Å². The zero-order valence-corrected chi connectivity index (χ0v) is 11.6. The fourth-order valence-electron chi connectivity index (χ4n) is 2.64. The summed E-state index contributed by atoms with van der Waals surface area (Å²) in [5.41, 5.74) is 2.47. The number of phenols is 1. The number of amides is 1. The molecule has 2 heterocycles. The van der Waals surface area contributed by atoms with Crippen LogP contribution in [0.5, 0.6) is 5.75 Å². The van der Waals surface area contributed by atoms with Crippen molar-refractivity contribution in [2.75, 3.05) is 5.32 Å². The average molecular weight is 271 g/mol. The Kier molecular flexibility index (Phi) is 3.01. The Morgan fingerprint density at radius 3 is 2.90 bits per heavy atom. The lowest BCUT2D eigenvalue weighted by molar-refractivity contribution is -0.116. The Bertz CT molecular complexity index is 672. The number of phenolic OH excluding ortho intramolecular Hbond substituents is 1. The molecule has 1 aliphatic rings. The number of anilines is 1. The molecule has 2 aromatic rings. The molecule has 4 nitrogen and oxygen atoms in total. The summed E-state index contributed by atoms with van der Waals surface area (Å²) in [6.07, 6.45) is 1.20. The van der Waals surface area contributed by atoms with E-state index < -0.39 is 0 Å². The van der Waals surface area contributed by atoms with Gasteiger partial charge in [0, 0.05) is 24.6 Å². The first kappa shape index (κ1) is 12.8. The lowest BCUT2D eigenvalue weighted by Crippen LogP contribution is -2.23. The normalized spacial score (nSPS) is 17.7. The van der Waals surface area contributed by atoms with E-state index in [2.05, 4.69) is 5.32 Å². The van der Waals surface area contributed by atoms with Gasteiger partial charge in [-0.2, -0.15) is 0 Å². The van der Waals surface area contributed by atoms with Crippen LogP contribution in [-0.4, -0.2) is 11.0 Å². The number of fused-ring (bicyclic) bond motifs is 1. The van der Waals surface area contributed by atoms with E-state index in [4.69, 9.17) is 4.42 Å². The molecule has 1 amide bonds. The zero-order chi connectivity index (χ0) is 14.3. The van der Waals surface area contributed by atoms with Gasteiger partial charge in [0.05, 0.1) is 5.92 Å². The second kappa shape index (κ2) is 4.71. The predicted octanol–water partition coefficient (Wildman–Crippen LogP) is 3.33. The van der Waals surface area contributed by atoms with Gasteiger partial charge in [0.15, 0.2) is 0 Å². The fourth-order valence-corrected chi connectivity index (χ4v) is 2.64. The molecule has 0 saturated carbocycles. The van der Waals surface area contributed by atoms with Crippen LogP contribution in [0, 0.1) is 6.92 Å². The van der Waals surface area contributed by atoms with Crippen LogP contribution >= 0.6 is 0 Å². The fraction of sp³-hybridized carbons (Fsp3) is 0.312. The van der Waals surface area contributed by atoms with E-state index in [0.717, 1.165) is 29.1 Å². The minimum absolute atomic E-state index is 0.0554. The second-order valence-corrected chi connectivity index (χ2v) is 5.19. The highest BCUT2D eigenvalue weighted by Crippen LogP contribution is 2.40. The highest BCUT2D eigenvalue weighted by molar-refractivity contribution is 5.95. The van der Waals surface area contributed by atoms with Crippen molar-refractivity contribution in [3.63, 3.8) is 0 Å². The highest BCUT2D eigenvalue weighted by Gasteiger charge is 2.29. The summed E-state index contributed by atoms with van der Waals surface area (Å²) >= 11 is 0. The molecule has 1 aromatic heterocycles. The smallest absolute Gasteiger partial charge is 0.225 e. The first-order chi connectivity index (χ1) is 9.58. The number of carbonyl (C=O) groups excluding carboxylic acids is 1. The average Bonchev–Trinajstić information content (AvgIpc) is 2.88. The second-order valence-electron chi connectivity index (χ2n) is 5.19. The van der Waals surface area contributed by atoms with Crippen LogP contribution in [0.3, 0.4) is 0 Å². The molecule has 0 fully saturated rings. The summed E-state index contributed by atoms with van der Waals surface area (Å²) in [5.74, 6) is 1.78. The summed E-state index contributed by atoms with van der Waals surface area (Å²) < 4.78 is 5.81. The number of furan rings is 1. The van der Waals surface area contributed by atoms with Gasteiger partial charge < -0.3 is 14.8 Å². The molecule has 1 aliphatic heterocycles. The van der Waals surface area contributed by atoms with Crippen LogP contribution in [0.2, 0.25) is 0 Å². The van der Waals surface area contributed by atoms with Crippen molar-refractivity contribution in [2.45, 2.75) is 32.6 Å². The van der Waals surface area contributed by atoms with E-state index in [1.54, 1.807) is 6.07 Å². The number of hydrogen-bond donors (Lipinski definition) is 2. The van der Waals surface area contributed by atoms with Crippen molar-refractivity contribution in [2.24, 2.45) is 0 Å². The topological polar surface area (TPSA) is 62.5 Å². The van der Waals surface area contributed by atoms with Gasteiger partial charge in [0.2, 0.25) is 5.91 Å². The number of benzene rings is 1. The molecule has 3 rings (SSSR count).